The molecule has 1 fully saturated rings. The lowest BCUT2D eigenvalue weighted by atomic mass is 9.84. The van der Waals surface area contributed by atoms with Crippen LogP contribution in [0.2, 0.25) is 0 Å². The summed E-state index contributed by atoms with van der Waals surface area (Å²) in [5.74, 6) is 1.45. The molecule has 2 aliphatic rings. The molecule has 2 aliphatic heterocycles. The van der Waals surface area contributed by atoms with E-state index in [1.54, 1.807) is 18.2 Å². The number of fused-ring (bicyclic) bond motifs is 1. The van der Waals surface area contributed by atoms with E-state index in [2.05, 4.69) is 22.9 Å². The fraction of sp³-hybridized carbons (Fsp3) is 0.529. The monoisotopic (exact) mass is 353 g/mol. The van der Waals surface area contributed by atoms with Gasteiger partial charge in [-0.1, -0.05) is 6.92 Å². The average molecular weight is 354 g/mol. The summed E-state index contributed by atoms with van der Waals surface area (Å²) in [6.07, 6.45) is 2.81. The SMILES string of the molecule is CC(CC(=O)Nc1ccc2c(c1)OCC(=O)N2)C1CCNCC1.Cl. The number of amides is 2. The van der Waals surface area contributed by atoms with E-state index >= 15 is 0 Å². The van der Waals surface area contributed by atoms with Crippen LogP contribution in [0.25, 0.3) is 0 Å². The molecule has 1 saturated heterocycles. The van der Waals surface area contributed by atoms with Gasteiger partial charge in [0, 0.05) is 18.2 Å². The predicted octanol–water partition coefficient (Wildman–Crippen LogP) is 2.40. The van der Waals surface area contributed by atoms with Crippen LogP contribution in [0.4, 0.5) is 11.4 Å². The maximum absolute atomic E-state index is 12.2. The zero-order valence-electron chi connectivity index (χ0n) is 13.8. The smallest absolute Gasteiger partial charge is 0.262 e. The number of halogens is 1. The van der Waals surface area contributed by atoms with Crippen LogP contribution in [0, 0.1) is 11.8 Å². The average Bonchev–Trinajstić information content (AvgIpc) is 2.55. The topological polar surface area (TPSA) is 79.5 Å². The Balaban J connectivity index is 0.00000208. The van der Waals surface area contributed by atoms with Crippen LogP contribution in [0.3, 0.4) is 0 Å². The van der Waals surface area contributed by atoms with Gasteiger partial charge in [-0.25, -0.2) is 0 Å². The summed E-state index contributed by atoms with van der Waals surface area (Å²) in [6, 6.07) is 5.28. The molecule has 3 rings (SSSR count). The van der Waals surface area contributed by atoms with Crippen molar-refractivity contribution >= 4 is 35.6 Å². The second kappa shape index (κ2) is 8.35. The van der Waals surface area contributed by atoms with Crippen molar-refractivity contribution in [2.45, 2.75) is 26.2 Å². The lowest BCUT2D eigenvalue weighted by molar-refractivity contribution is -0.119. The summed E-state index contributed by atoms with van der Waals surface area (Å²) in [7, 11) is 0. The molecule has 0 saturated carbocycles. The van der Waals surface area contributed by atoms with Crippen LogP contribution >= 0.6 is 12.4 Å². The van der Waals surface area contributed by atoms with Crippen molar-refractivity contribution < 1.29 is 14.3 Å². The third kappa shape index (κ3) is 4.61. The molecule has 1 aromatic rings. The second-order valence-corrected chi connectivity index (χ2v) is 6.36. The Labute approximate surface area is 148 Å². The Morgan fingerprint density at radius 2 is 2.12 bits per heavy atom. The first-order valence-electron chi connectivity index (χ1n) is 8.19. The molecule has 3 N–H and O–H groups in total. The third-order valence-electron chi connectivity index (χ3n) is 4.59. The van der Waals surface area contributed by atoms with E-state index in [0.717, 1.165) is 25.9 Å². The quantitative estimate of drug-likeness (QED) is 0.776. The molecule has 2 heterocycles. The molecule has 0 aliphatic carbocycles. The normalized spacial score (nSPS) is 18.5. The minimum absolute atomic E-state index is 0. The molecule has 0 bridgehead atoms. The maximum atomic E-state index is 12.2. The fourth-order valence-corrected chi connectivity index (χ4v) is 3.24. The molecule has 1 unspecified atom stereocenters. The van der Waals surface area contributed by atoms with E-state index in [1.165, 1.54) is 0 Å². The summed E-state index contributed by atoms with van der Waals surface area (Å²) in [5.41, 5.74) is 1.34. The van der Waals surface area contributed by atoms with Gasteiger partial charge in [-0.3, -0.25) is 9.59 Å². The van der Waals surface area contributed by atoms with Crippen molar-refractivity contribution in [1.82, 2.24) is 5.32 Å². The van der Waals surface area contributed by atoms with Gasteiger partial charge in [-0.05, 0) is 49.9 Å². The minimum Gasteiger partial charge on any atom is -0.482 e. The first kappa shape index (κ1) is 18.5. The standard InChI is InChI=1S/C17H23N3O3.ClH/c1-11(12-4-6-18-7-5-12)8-16(21)19-13-2-3-14-15(9-13)23-10-17(22)20-14;/h2-3,9,11-12,18H,4-8,10H2,1H3,(H,19,21)(H,20,22);1H. The summed E-state index contributed by atoms with van der Waals surface area (Å²) < 4.78 is 5.36. The van der Waals surface area contributed by atoms with Crippen molar-refractivity contribution in [2.24, 2.45) is 11.8 Å². The Hall–Kier alpha value is -1.79. The number of anilines is 2. The zero-order chi connectivity index (χ0) is 16.2. The first-order valence-corrected chi connectivity index (χ1v) is 8.19. The highest BCUT2D eigenvalue weighted by Crippen LogP contribution is 2.31. The highest BCUT2D eigenvalue weighted by Gasteiger charge is 2.22. The molecular weight excluding hydrogens is 330 g/mol. The van der Waals surface area contributed by atoms with Crippen LogP contribution in [0.15, 0.2) is 18.2 Å². The Kier molecular flexibility index (Phi) is 6.45. The van der Waals surface area contributed by atoms with Crippen LogP contribution in [0.1, 0.15) is 26.2 Å². The molecular formula is C17H24ClN3O3. The van der Waals surface area contributed by atoms with Crippen LogP contribution < -0.4 is 20.7 Å². The summed E-state index contributed by atoms with van der Waals surface area (Å²) >= 11 is 0. The highest BCUT2D eigenvalue weighted by molar-refractivity contribution is 5.97. The van der Waals surface area contributed by atoms with Crippen LogP contribution in [-0.4, -0.2) is 31.5 Å². The lowest BCUT2D eigenvalue weighted by Gasteiger charge is -2.28. The number of hydrogen-bond donors (Lipinski definition) is 3. The minimum atomic E-state index is -0.162. The number of hydrogen-bond acceptors (Lipinski definition) is 4. The molecule has 6 nitrogen and oxygen atoms in total. The summed E-state index contributed by atoms with van der Waals surface area (Å²) in [6.45, 7) is 4.26. The van der Waals surface area contributed by atoms with Gasteiger partial charge in [-0.2, -0.15) is 0 Å². The van der Waals surface area contributed by atoms with Crippen molar-refractivity contribution in [1.29, 1.82) is 0 Å². The van der Waals surface area contributed by atoms with Crippen molar-refractivity contribution in [3.8, 4) is 5.75 Å². The van der Waals surface area contributed by atoms with Crippen LogP contribution in [-0.2, 0) is 9.59 Å². The Bertz CT molecular complexity index is 603. The van der Waals surface area contributed by atoms with E-state index in [9.17, 15) is 9.59 Å². The largest absolute Gasteiger partial charge is 0.482 e. The van der Waals surface area contributed by atoms with Crippen molar-refractivity contribution in [2.75, 3.05) is 30.3 Å². The Morgan fingerprint density at radius 1 is 1.38 bits per heavy atom. The highest BCUT2D eigenvalue weighted by atomic mass is 35.5. The molecule has 0 radical (unpaired) electrons. The first-order chi connectivity index (χ1) is 11.1. The van der Waals surface area contributed by atoms with Crippen molar-refractivity contribution in [3.05, 3.63) is 18.2 Å². The molecule has 2 amide bonds. The second-order valence-electron chi connectivity index (χ2n) is 6.36. The number of ether oxygens (including phenoxy) is 1. The van der Waals surface area contributed by atoms with E-state index in [-0.39, 0.29) is 30.8 Å². The van der Waals surface area contributed by atoms with Gasteiger partial charge in [0.1, 0.15) is 5.75 Å². The fourth-order valence-electron chi connectivity index (χ4n) is 3.24. The molecule has 7 heteroatoms. The van der Waals surface area contributed by atoms with Gasteiger partial charge < -0.3 is 20.7 Å². The van der Waals surface area contributed by atoms with Crippen LogP contribution in [0.5, 0.6) is 5.75 Å². The van der Waals surface area contributed by atoms with E-state index < -0.39 is 0 Å². The molecule has 0 aromatic heterocycles. The molecule has 1 atom stereocenters. The van der Waals surface area contributed by atoms with E-state index in [1.807, 2.05) is 0 Å². The van der Waals surface area contributed by atoms with Gasteiger partial charge in [0.25, 0.3) is 5.91 Å². The van der Waals surface area contributed by atoms with E-state index in [4.69, 9.17) is 4.74 Å². The lowest BCUT2D eigenvalue weighted by Crippen LogP contribution is -2.32. The molecule has 0 spiro atoms. The molecule has 132 valence electrons. The summed E-state index contributed by atoms with van der Waals surface area (Å²) in [5, 5.41) is 9.01. The number of piperidine rings is 1. The zero-order valence-corrected chi connectivity index (χ0v) is 14.6. The van der Waals surface area contributed by atoms with Gasteiger partial charge in [0.2, 0.25) is 5.91 Å². The predicted molar refractivity (Wildman–Crippen MR) is 95.8 cm³/mol. The van der Waals surface area contributed by atoms with Gasteiger partial charge in [-0.15, -0.1) is 12.4 Å². The Morgan fingerprint density at radius 3 is 2.88 bits per heavy atom. The number of carbonyl (C=O) groups excluding carboxylic acids is 2. The number of benzene rings is 1. The van der Waals surface area contributed by atoms with Crippen molar-refractivity contribution in [3.63, 3.8) is 0 Å². The maximum Gasteiger partial charge on any atom is 0.262 e. The molecule has 24 heavy (non-hydrogen) atoms. The number of nitrogens with one attached hydrogen (secondary N) is 3. The molecule has 1 aromatic carbocycles. The third-order valence-corrected chi connectivity index (χ3v) is 4.59. The van der Waals surface area contributed by atoms with E-state index in [0.29, 0.717) is 35.4 Å². The van der Waals surface area contributed by atoms with Gasteiger partial charge >= 0.3 is 0 Å². The van der Waals surface area contributed by atoms with Gasteiger partial charge in [0.15, 0.2) is 6.61 Å². The van der Waals surface area contributed by atoms with Gasteiger partial charge in [0.05, 0.1) is 5.69 Å². The summed E-state index contributed by atoms with van der Waals surface area (Å²) in [4.78, 5) is 23.5. The number of rotatable bonds is 4. The number of carbonyl (C=O) groups is 2.